The molecule has 0 unspecified atom stereocenters. The van der Waals surface area contributed by atoms with Crippen molar-refractivity contribution in [2.24, 2.45) is 5.73 Å². The lowest BCUT2D eigenvalue weighted by atomic mass is 9.92. The number of benzene rings is 1. The standard InChI is InChI=1S/C25H32N6O2/c1-15(2)28-23-22-18(14-27-25(31-22)29-20-11-9-19(26)10-12-20)13-21(30-23)16(3)33-24(32)17-7-5-4-6-8-17/h4-8,13-16,19-20H,9-12,26H2,1-3H3,(H,28,30)(H,27,29,31)/t16-,19?,20?/m1/s1. The molecule has 0 bridgehead atoms. The van der Waals surface area contributed by atoms with Gasteiger partial charge >= 0.3 is 5.97 Å². The molecule has 1 saturated carbocycles. The number of nitrogens with zero attached hydrogens (tertiary/aromatic N) is 3. The molecule has 1 aliphatic carbocycles. The van der Waals surface area contributed by atoms with Gasteiger partial charge in [0.25, 0.3) is 0 Å². The summed E-state index contributed by atoms with van der Waals surface area (Å²) in [5.74, 6) is 0.857. The summed E-state index contributed by atoms with van der Waals surface area (Å²) in [6, 6.07) is 11.6. The van der Waals surface area contributed by atoms with Gasteiger partial charge in [0.2, 0.25) is 5.95 Å². The van der Waals surface area contributed by atoms with Gasteiger partial charge in [-0.25, -0.2) is 19.7 Å². The number of carbonyl (C=O) groups excluding carboxylic acids is 1. The van der Waals surface area contributed by atoms with Crippen molar-refractivity contribution in [1.82, 2.24) is 15.0 Å². The lowest BCUT2D eigenvalue weighted by molar-refractivity contribution is 0.0330. The van der Waals surface area contributed by atoms with Gasteiger partial charge in [-0.1, -0.05) is 18.2 Å². The van der Waals surface area contributed by atoms with E-state index in [9.17, 15) is 4.79 Å². The Hall–Kier alpha value is -3.26. The average molecular weight is 449 g/mol. The van der Waals surface area contributed by atoms with E-state index in [1.165, 1.54) is 0 Å². The van der Waals surface area contributed by atoms with Gasteiger partial charge in [0, 0.05) is 29.7 Å². The van der Waals surface area contributed by atoms with E-state index in [-0.39, 0.29) is 12.0 Å². The number of esters is 1. The number of hydrogen-bond donors (Lipinski definition) is 3. The van der Waals surface area contributed by atoms with Crippen LogP contribution in [0, 0.1) is 0 Å². The number of anilines is 2. The van der Waals surface area contributed by atoms with Gasteiger partial charge < -0.3 is 21.1 Å². The predicted molar refractivity (Wildman–Crippen MR) is 130 cm³/mol. The molecule has 2 aromatic heterocycles. The van der Waals surface area contributed by atoms with Crippen LogP contribution < -0.4 is 16.4 Å². The summed E-state index contributed by atoms with van der Waals surface area (Å²) in [7, 11) is 0. The number of nitrogens with one attached hydrogen (secondary N) is 2. The minimum absolute atomic E-state index is 0.157. The molecule has 3 aromatic rings. The Morgan fingerprint density at radius 1 is 1.09 bits per heavy atom. The van der Waals surface area contributed by atoms with E-state index < -0.39 is 6.10 Å². The van der Waals surface area contributed by atoms with E-state index in [1.807, 2.05) is 45.0 Å². The SMILES string of the molecule is CC(C)Nc1nc([C@@H](C)OC(=O)c2ccccc2)cc2cnc(NC3CCC(N)CC3)nc12. The summed E-state index contributed by atoms with van der Waals surface area (Å²) in [4.78, 5) is 26.6. The Kier molecular flexibility index (Phi) is 7.03. The van der Waals surface area contributed by atoms with E-state index in [1.54, 1.807) is 18.3 Å². The molecule has 0 radical (unpaired) electrons. The first-order chi connectivity index (χ1) is 15.9. The predicted octanol–water partition coefficient (Wildman–Crippen LogP) is 4.44. The number of pyridine rings is 1. The Morgan fingerprint density at radius 3 is 2.52 bits per heavy atom. The number of ether oxygens (including phenoxy) is 1. The number of rotatable bonds is 7. The number of hydrogen-bond acceptors (Lipinski definition) is 8. The van der Waals surface area contributed by atoms with Crippen molar-refractivity contribution >= 4 is 28.6 Å². The first kappa shape index (κ1) is 22.9. The smallest absolute Gasteiger partial charge is 0.338 e. The van der Waals surface area contributed by atoms with E-state index in [0.717, 1.165) is 36.6 Å². The highest BCUT2D eigenvalue weighted by molar-refractivity contribution is 5.90. The van der Waals surface area contributed by atoms with Gasteiger partial charge in [-0.2, -0.15) is 0 Å². The van der Waals surface area contributed by atoms with Crippen molar-refractivity contribution in [1.29, 1.82) is 0 Å². The quantitative estimate of drug-likeness (QED) is 0.454. The molecule has 8 nitrogen and oxygen atoms in total. The van der Waals surface area contributed by atoms with Crippen molar-refractivity contribution in [2.45, 2.75) is 70.7 Å². The summed E-state index contributed by atoms with van der Waals surface area (Å²) < 4.78 is 5.67. The largest absolute Gasteiger partial charge is 0.453 e. The summed E-state index contributed by atoms with van der Waals surface area (Å²) in [5.41, 5.74) is 7.91. The third kappa shape index (κ3) is 5.76. The minimum atomic E-state index is -0.529. The number of aromatic nitrogens is 3. The molecule has 8 heteroatoms. The Bertz CT molecular complexity index is 1100. The number of carbonyl (C=O) groups is 1. The van der Waals surface area contributed by atoms with E-state index in [0.29, 0.717) is 35.1 Å². The Labute approximate surface area is 194 Å². The van der Waals surface area contributed by atoms with E-state index >= 15 is 0 Å². The highest BCUT2D eigenvalue weighted by Crippen LogP contribution is 2.28. The van der Waals surface area contributed by atoms with Gasteiger partial charge in [-0.3, -0.25) is 0 Å². The molecule has 174 valence electrons. The monoisotopic (exact) mass is 448 g/mol. The maximum atomic E-state index is 12.5. The van der Waals surface area contributed by atoms with Gasteiger partial charge in [-0.15, -0.1) is 0 Å². The lowest BCUT2D eigenvalue weighted by Gasteiger charge is -2.26. The lowest BCUT2D eigenvalue weighted by Crippen LogP contribution is -2.33. The van der Waals surface area contributed by atoms with Crippen molar-refractivity contribution in [3.8, 4) is 0 Å². The second-order valence-electron chi connectivity index (χ2n) is 9.00. The third-order valence-corrected chi connectivity index (χ3v) is 5.83. The number of fused-ring (bicyclic) bond motifs is 1. The second-order valence-corrected chi connectivity index (χ2v) is 9.00. The summed E-state index contributed by atoms with van der Waals surface area (Å²) in [6.07, 6.45) is 5.31. The van der Waals surface area contributed by atoms with Crippen LogP contribution in [0.15, 0.2) is 42.6 Å². The topological polar surface area (TPSA) is 115 Å². The maximum absolute atomic E-state index is 12.5. The molecule has 1 fully saturated rings. The van der Waals surface area contributed by atoms with Crippen molar-refractivity contribution in [3.05, 3.63) is 53.9 Å². The molecule has 4 rings (SSSR count). The van der Waals surface area contributed by atoms with Gasteiger partial charge in [-0.05, 0) is 64.7 Å². The van der Waals surface area contributed by atoms with Gasteiger partial charge in [0.1, 0.15) is 11.6 Å². The van der Waals surface area contributed by atoms with Crippen LogP contribution in [0.4, 0.5) is 11.8 Å². The fourth-order valence-electron chi connectivity index (χ4n) is 4.02. The summed E-state index contributed by atoms with van der Waals surface area (Å²) >= 11 is 0. The first-order valence-electron chi connectivity index (χ1n) is 11.6. The van der Waals surface area contributed by atoms with Crippen molar-refractivity contribution in [3.63, 3.8) is 0 Å². The Morgan fingerprint density at radius 2 is 1.82 bits per heavy atom. The molecule has 2 heterocycles. The molecule has 1 aromatic carbocycles. The van der Waals surface area contributed by atoms with E-state index in [4.69, 9.17) is 20.4 Å². The van der Waals surface area contributed by atoms with Crippen LogP contribution in [0.3, 0.4) is 0 Å². The second kappa shape index (κ2) is 10.1. The molecule has 0 amide bonds. The first-order valence-corrected chi connectivity index (χ1v) is 11.6. The fraction of sp³-hybridized carbons (Fsp3) is 0.440. The van der Waals surface area contributed by atoms with E-state index in [2.05, 4.69) is 15.6 Å². The normalized spacial score (nSPS) is 19.3. The minimum Gasteiger partial charge on any atom is -0.453 e. The van der Waals surface area contributed by atoms with Crippen LogP contribution in [0.25, 0.3) is 10.9 Å². The van der Waals surface area contributed by atoms with Crippen LogP contribution in [-0.2, 0) is 4.74 Å². The molecule has 1 atom stereocenters. The van der Waals surface area contributed by atoms with Gasteiger partial charge in [0.05, 0.1) is 11.3 Å². The third-order valence-electron chi connectivity index (χ3n) is 5.83. The number of nitrogens with two attached hydrogens (primary N) is 1. The highest BCUT2D eigenvalue weighted by atomic mass is 16.5. The molecule has 1 aliphatic rings. The molecule has 0 spiro atoms. The van der Waals surface area contributed by atoms with Crippen LogP contribution >= 0.6 is 0 Å². The zero-order valence-corrected chi connectivity index (χ0v) is 19.4. The zero-order valence-electron chi connectivity index (χ0n) is 19.4. The summed E-state index contributed by atoms with van der Waals surface area (Å²) in [5, 5.41) is 7.67. The summed E-state index contributed by atoms with van der Waals surface area (Å²) in [6.45, 7) is 5.91. The molecule has 4 N–H and O–H groups in total. The van der Waals surface area contributed by atoms with Gasteiger partial charge in [0.15, 0.2) is 5.82 Å². The Balaban J connectivity index is 1.58. The fourth-order valence-corrected chi connectivity index (χ4v) is 4.02. The van der Waals surface area contributed by atoms with Crippen LogP contribution in [0.5, 0.6) is 0 Å². The average Bonchev–Trinajstić information content (AvgIpc) is 2.81. The maximum Gasteiger partial charge on any atom is 0.338 e. The highest BCUT2D eigenvalue weighted by Gasteiger charge is 2.21. The molecular weight excluding hydrogens is 416 g/mol. The van der Waals surface area contributed by atoms with Crippen LogP contribution in [0.2, 0.25) is 0 Å². The van der Waals surface area contributed by atoms with Crippen LogP contribution in [-0.4, -0.2) is 39.0 Å². The molecular formula is C25H32N6O2. The van der Waals surface area contributed by atoms with Crippen LogP contribution in [0.1, 0.15) is 68.6 Å². The molecule has 0 saturated heterocycles. The van der Waals surface area contributed by atoms with Crippen molar-refractivity contribution in [2.75, 3.05) is 10.6 Å². The zero-order chi connectivity index (χ0) is 23.4. The van der Waals surface area contributed by atoms with Crippen molar-refractivity contribution < 1.29 is 9.53 Å². The molecule has 33 heavy (non-hydrogen) atoms. The molecule has 0 aliphatic heterocycles.